The fourth-order valence-corrected chi connectivity index (χ4v) is 2.61. The molecule has 1 heterocycles. The minimum Gasteiger partial charge on any atom is -0.397 e. The largest absolute Gasteiger partial charge is 0.397 e. The van der Waals surface area contributed by atoms with Gasteiger partial charge in [0.25, 0.3) is 0 Å². The second kappa shape index (κ2) is 5.07. The molecule has 1 saturated heterocycles. The van der Waals surface area contributed by atoms with Gasteiger partial charge in [-0.05, 0) is 44.4 Å². The fraction of sp³-hybridized carbons (Fsp3) is 0.500. The first-order valence-corrected chi connectivity index (χ1v) is 6.51. The number of piperidine rings is 1. The van der Waals surface area contributed by atoms with Crippen LogP contribution in [0.5, 0.6) is 0 Å². The molecule has 104 valence electrons. The first-order chi connectivity index (χ1) is 8.90. The third-order valence-corrected chi connectivity index (χ3v) is 3.90. The number of rotatable bonds is 2. The van der Waals surface area contributed by atoms with E-state index in [9.17, 15) is 9.18 Å². The first-order valence-electron chi connectivity index (χ1n) is 6.51. The Bertz CT molecular complexity index is 504. The predicted molar refractivity (Wildman–Crippen MR) is 74.3 cm³/mol. The highest BCUT2D eigenvalue weighted by Gasteiger charge is 2.29. The van der Waals surface area contributed by atoms with Gasteiger partial charge < -0.3 is 16.4 Å². The van der Waals surface area contributed by atoms with Crippen LogP contribution in [0.25, 0.3) is 0 Å². The normalized spacial score (nSPS) is 23.4. The van der Waals surface area contributed by atoms with Gasteiger partial charge in [-0.3, -0.25) is 4.79 Å². The number of carbonyl (C=O) groups excluding carboxylic acids is 1. The Labute approximate surface area is 112 Å². The van der Waals surface area contributed by atoms with Crippen molar-refractivity contribution in [2.45, 2.75) is 32.7 Å². The lowest BCUT2D eigenvalue weighted by atomic mass is 9.92. The quantitative estimate of drug-likeness (QED) is 0.801. The summed E-state index contributed by atoms with van der Waals surface area (Å²) in [5.41, 5.74) is 13.0. The summed E-state index contributed by atoms with van der Waals surface area (Å²) in [5, 5.41) is 0. The van der Waals surface area contributed by atoms with E-state index in [1.165, 1.54) is 6.07 Å². The Balaban J connectivity index is 2.33. The van der Waals surface area contributed by atoms with Crippen molar-refractivity contribution < 1.29 is 9.18 Å². The van der Waals surface area contributed by atoms with Crippen LogP contribution in [0.15, 0.2) is 12.1 Å². The summed E-state index contributed by atoms with van der Waals surface area (Å²) in [6.45, 7) is 4.33. The molecule has 2 atom stereocenters. The Kier molecular flexibility index (Phi) is 3.64. The lowest BCUT2D eigenvalue weighted by Gasteiger charge is -2.39. The zero-order valence-electron chi connectivity index (χ0n) is 11.3. The third kappa shape index (κ3) is 2.64. The molecule has 1 aliphatic rings. The van der Waals surface area contributed by atoms with Crippen molar-refractivity contribution in [2.75, 3.05) is 17.2 Å². The van der Waals surface area contributed by atoms with E-state index in [4.69, 9.17) is 11.5 Å². The second-order valence-corrected chi connectivity index (χ2v) is 5.34. The van der Waals surface area contributed by atoms with Gasteiger partial charge in [0.2, 0.25) is 5.91 Å². The summed E-state index contributed by atoms with van der Waals surface area (Å²) in [5.74, 6) is -0.757. The summed E-state index contributed by atoms with van der Waals surface area (Å²) in [6, 6.07) is 3.35. The summed E-state index contributed by atoms with van der Waals surface area (Å²) in [4.78, 5) is 13.4. The Morgan fingerprint density at radius 3 is 2.74 bits per heavy atom. The number of hydrogen-bond donors (Lipinski definition) is 2. The zero-order chi connectivity index (χ0) is 14.2. The van der Waals surface area contributed by atoms with E-state index in [2.05, 4.69) is 11.8 Å². The predicted octanol–water partition coefficient (Wildman–Crippen LogP) is 1.81. The van der Waals surface area contributed by atoms with Crippen molar-refractivity contribution in [3.05, 3.63) is 23.5 Å². The molecule has 5 heteroatoms. The van der Waals surface area contributed by atoms with Crippen LogP contribution < -0.4 is 16.4 Å². The van der Waals surface area contributed by atoms with Gasteiger partial charge in [-0.2, -0.15) is 0 Å². The standard InChI is InChI=1S/C14H20FN3O/c1-8-5-13(12(16)6-11(8)15)18-7-10(14(17)19)4-3-9(18)2/h5-6,9-10H,3-4,7,16H2,1-2H3,(H2,17,19). The third-order valence-electron chi connectivity index (χ3n) is 3.90. The molecular formula is C14H20FN3O. The minimum atomic E-state index is -0.308. The van der Waals surface area contributed by atoms with Crippen molar-refractivity contribution in [1.29, 1.82) is 0 Å². The molecule has 0 spiro atoms. The van der Waals surface area contributed by atoms with Gasteiger partial charge >= 0.3 is 0 Å². The van der Waals surface area contributed by atoms with Gasteiger partial charge in [-0.25, -0.2) is 4.39 Å². The van der Waals surface area contributed by atoms with Crippen molar-refractivity contribution in [3.63, 3.8) is 0 Å². The molecule has 1 aliphatic heterocycles. The maximum atomic E-state index is 13.5. The average molecular weight is 265 g/mol. The van der Waals surface area contributed by atoms with Gasteiger partial charge in [0.1, 0.15) is 5.82 Å². The van der Waals surface area contributed by atoms with Crippen LogP contribution in [0, 0.1) is 18.7 Å². The molecule has 1 aromatic carbocycles. The van der Waals surface area contributed by atoms with Crippen LogP contribution >= 0.6 is 0 Å². The van der Waals surface area contributed by atoms with Crippen LogP contribution in [0.1, 0.15) is 25.3 Å². The van der Waals surface area contributed by atoms with Crippen molar-refractivity contribution in [1.82, 2.24) is 0 Å². The summed E-state index contributed by atoms with van der Waals surface area (Å²) >= 11 is 0. The zero-order valence-corrected chi connectivity index (χ0v) is 11.3. The van der Waals surface area contributed by atoms with Crippen molar-refractivity contribution >= 4 is 17.3 Å². The summed E-state index contributed by atoms with van der Waals surface area (Å²) in [6.07, 6.45) is 1.68. The van der Waals surface area contributed by atoms with Crippen LogP contribution in [0.3, 0.4) is 0 Å². The number of nitrogen functional groups attached to an aromatic ring is 1. The number of carbonyl (C=O) groups is 1. The number of benzene rings is 1. The molecule has 4 nitrogen and oxygen atoms in total. The van der Waals surface area contributed by atoms with E-state index in [1.807, 2.05) is 0 Å². The van der Waals surface area contributed by atoms with E-state index >= 15 is 0 Å². The van der Waals surface area contributed by atoms with E-state index in [-0.39, 0.29) is 23.7 Å². The number of halogens is 1. The molecule has 1 fully saturated rings. The number of aryl methyl sites for hydroxylation is 1. The highest BCUT2D eigenvalue weighted by atomic mass is 19.1. The molecule has 4 N–H and O–H groups in total. The number of nitrogens with two attached hydrogens (primary N) is 2. The molecular weight excluding hydrogens is 245 g/mol. The Morgan fingerprint density at radius 2 is 2.11 bits per heavy atom. The SMILES string of the molecule is Cc1cc(N2CC(C(N)=O)CCC2C)c(N)cc1F. The van der Waals surface area contributed by atoms with Crippen LogP contribution in [0.2, 0.25) is 0 Å². The molecule has 0 bridgehead atoms. The number of amides is 1. The number of hydrogen-bond acceptors (Lipinski definition) is 3. The summed E-state index contributed by atoms with van der Waals surface area (Å²) in [7, 11) is 0. The molecule has 2 rings (SSSR count). The Hall–Kier alpha value is -1.78. The fourth-order valence-electron chi connectivity index (χ4n) is 2.61. The smallest absolute Gasteiger partial charge is 0.222 e. The molecule has 1 amide bonds. The molecule has 1 aromatic rings. The molecule has 2 unspecified atom stereocenters. The maximum absolute atomic E-state index is 13.5. The van der Waals surface area contributed by atoms with E-state index in [1.54, 1.807) is 13.0 Å². The minimum absolute atomic E-state index is 0.166. The van der Waals surface area contributed by atoms with Gasteiger partial charge in [0, 0.05) is 12.6 Å². The van der Waals surface area contributed by atoms with Gasteiger partial charge in [-0.15, -0.1) is 0 Å². The van der Waals surface area contributed by atoms with Gasteiger partial charge in [-0.1, -0.05) is 0 Å². The molecule has 0 aliphatic carbocycles. The molecule has 0 aromatic heterocycles. The van der Waals surface area contributed by atoms with Crippen LogP contribution in [-0.2, 0) is 4.79 Å². The highest BCUT2D eigenvalue weighted by molar-refractivity contribution is 5.78. The lowest BCUT2D eigenvalue weighted by molar-refractivity contribution is -0.122. The molecule has 0 saturated carbocycles. The first kappa shape index (κ1) is 13.6. The highest BCUT2D eigenvalue weighted by Crippen LogP contribution is 2.33. The van der Waals surface area contributed by atoms with Gasteiger partial charge in [0.15, 0.2) is 0 Å². The van der Waals surface area contributed by atoms with E-state index in [0.29, 0.717) is 17.8 Å². The monoisotopic (exact) mass is 265 g/mol. The lowest BCUT2D eigenvalue weighted by Crippen LogP contribution is -2.46. The average Bonchev–Trinajstić information content (AvgIpc) is 2.34. The summed E-state index contributed by atoms with van der Waals surface area (Å²) < 4.78 is 13.5. The van der Waals surface area contributed by atoms with Crippen LogP contribution in [0.4, 0.5) is 15.8 Å². The molecule has 19 heavy (non-hydrogen) atoms. The van der Waals surface area contributed by atoms with E-state index in [0.717, 1.165) is 18.5 Å². The number of primary amides is 1. The number of nitrogens with zero attached hydrogens (tertiary/aromatic N) is 1. The van der Waals surface area contributed by atoms with Crippen molar-refractivity contribution in [3.8, 4) is 0 Å². The maximum Gasteiger partial charge on any atom is 0.222 e. The topological polar surface area (TPSA) is 72.3 Å². The van der Waals surface area contributed by atoms with Crippen molar-refractivity contribution in [2.24, 2.45) is 11.7 Å². The molecule has 0 radical (unpaired) electrons. The number of anilines is 2. The van der Waals surface area contributed by atoms with Crippen LogP contribution in [-0.4, -0.2) is 18.5 Å². The Morgan fingerprint density at radius 1 is 1.42 bits per heavy atom. The van der Waals surface area contributed by atoms with Gasteiger partial charge in [0.05, 0.1) is 17.3 Å². The van der Waals surface area contributed by atoms with E-state index < -0.39 is 0 Å². The second-order valence-electron chi connectivity index (χ2n) is 5.34.